The van der Waals surface area contributed by atoms with Crippen molar-refractivity contribution in [3.05, 3.63) is 46.7 Å². The fraction of sp³-hybridized carbons (Fsp3) is 0.458. The second-order valence-electron chi connectivity index (χ2n) is 9.28. The number of likely N-dealkylation sites (N-methyl/N-ethyl adjacent to an activating group) is 1. The Bertz CT molecular complexity index is 1090. The first-order chi connectivity index (χ1) is 17.1. The molecule has 0 aliphatic carbocycles. The highest BCUT2D eigenvalue weighted by atomic mass is 35.5. The van der Waals surface area contributed by atoms with E-state index in [1.807, 2.05) is 42.1 Å². The van der Waals surface area contributed by atoms with Crippen molar-refractivity contribution in [1.82, 2.24) is 30.4 Å². The maximum Gasteiger partial charge on any atom is 0.280 e. The minimum Gasteiger partial charge on any atom is -0.382 e. The molecule has 1 fully saturated rings. The highest BCUT2D eigenvalue weighted by Crippen LogP contribution is 2.36. The Morgan fingerprint density at radius 1 is 1.22 bits per heavy atom. The van der Waals surface area contributed by atoms with Crippen molar-refractivity contribution in [1.29, 1.82) is 5.41 Å². The molecule has 1 aromatic carbocycles. The predicted octanol–water partition coefficient (Wildman–Crippen LogP) is 0.952. The summed E-state index contributed by atoms with van der Waals surface area (Å²) in [5.74, 6) is -1.05. The molecule has 0 unspecified atom stereocenters. The third kappa shape index (κ3) is 7.19. The van der Waals surface area contributed by atoms with E-state index < -0.39 is 5.91 Å². The number of piperidine rings is 1. The Labute approximate surface area is 216 Å². The molecule has 3 rings (SSSR count). The summed E-state index contributed by atoms with van der Waals surface area (Å²) in [6.45, 7) is 2.10. The third-order valence-electron chi connectivity index (χ3n) is 6.29. The largest absolute Gasteiger partial charge is 0.382 e. The van der Waals surface area contributed by atoms with Gasteiger partial charge in [0, 0.05) is 19.6 Å². The van der Waals surface area contributed by atoms with E-state index in [4.69, 9.17) is 28.5 Å². The van der Waals surface area contributed by atoms with Crippen LogP contribution in [-0.4, -0.2) is 77.8 Å². The molecular weight excluding hydrogens is 482 g/mol. The first kappa shape index (κ1) is 27.0. The van der Waals surface area contributed by atoms with Gasteiger partial charge in [-0.15, -0.1) is 0 Å². The zero-order valence-electron chi connectivity index (χ0n) is 20.5. The summed E-state index contributed by atoms with van der Waals surface area (Å²) in [6.07, 6.45) is 3.22. The molecule has 0 atom stereocenters. The van der Waals surface area contributed by atoms with Crippen molar-refractivity contribution in [3.8, 4) is 0 Å². The number of rotatable bonds is 8. The van der Waals surface area contributed by atoms with Crippen LogP contribution in [0.25, 0.3) is 0 Å². The lowest BCUT2D eigenvalue weighted by Gasteiger charge is -2.42. The number of anilines is 2. The number of guanidine groups is 1. The van der Waals surface area contributed by atoms with Crippen molar-refractivity contribution in [3.63, 3.8) is 0 Å². The lowest BCUT2D eigenvalue weighted by molar-refractivity contribution is -0.134. The van der Waals surface area contributed by atoms with Gasteiger partial charge in [0.25, 0.3) is 5.91 Å². The van der Waals surface area contributed by atoms with Gasteiger partial charge in [-0.25, -0.2) is 9.97 Å². The van der Waals surface area contributed by atoms with Crippen molar-refractivity contribution < 1.29 is 9.59 Å². The van der Waals surface area contributed by atoms with E-state index in [1.165, 1.54) is 0 Å². The van der Waals surface area contributed by atoms with E-state index in [1.54, 1.807) is 0 Å². The normalized spacial score (nSPS) is 14.7. The number of nitrogens with one attached hydrogen (secondary N) is 3. The van der Waals surface area contributed by atoms with Gasteiger partial charge in [0.2, 0.25) is 5.91 Å². The summed E-state index contributed by atoms with van der Waals surface area (Å²) in [7, 11) is 3.75. The highest BCUT2D eigenvalue weighted by Gasteiger charge is 2.36. The Kier molecular flexibility index (Phi) is 8.90. The van der Waals surface area contributed by atoms with Crippen LogP contribution in [0.4, 0.5) is 11.6 Å². The number of nitrogens with zero attached hydrogens (tertiary/aromatic N) is 4. The van der Waals surface area contributed by atoms with E-state index in [-0.39, 0.29) is 39.8 Å². The molecule has 1 aliphatic rings. The summed E-state index contributed by atoms with van der Waals surface area (Å²) in [6, 6.07) is 11.7. The minimum absolute atomic E-state index is 0.0785. The van der Waals surface area contributed by atoms with Crippen LogP contribution < -0.4 is 22.1 Å². The molecule has 192 valence electrons. The van der Waals surface area contributed by atoms with Crippen LogP contribution in [-0.2, 0) is 11.2 Å². The molecule has 12 heteroatoms. The van der Waals surface area contributed by atoms with Crippen LogP contribution in [0.5, 0.6) is 0 Å². The zero-order chi connectivity index (χ0) is 26.3. The van der Waals surface area contributed by atoms with Crippen LogP contribution in [0.2, 0.25) is 5.15 Å². The minimum atomic E-state index is -0.714. The van der Waals surface area contributed by atoms with E-state index in [0.29, 0.717) is 26.2 Å². The number of nitrogens with two attached hydrogens (primary N) is 2. The number of aromatic nitrogens is 2. The van der Waals surface area contributed by atoms with Gasteiger partial charge < -0.3 is 26.6 Å². The van der Waals surface area contributed by atoms with Crippen molar-refractivity contribution in [2.45, 2.75) is 25.7 Å². The molecule has 7 N–H and O–H groups in total. The first-order valence-electron chi connectivity index (χ1n) is 11.6. The second kappa shape index (κ2) is 11.9. The third-order valence-corrected chi connectivity index (χ3v) is 6.57. The maximum absolute atomic E-state index is 12.6. The molecule has 1 aliphatic heterocycles. The van der Waals surface area contributed by atoms with Gasteiger partial charge in [-0.3, -0.25) is 20.3 Å². The number of likely N-dealkylation sites (tertiary alicyclic amines) is 1. The Balaban J connectivity index is 1.64. The average molecular weight is 514 g/mol. The molecular formula is C24H32ClN9O2. The lowest BCUT2D eigenvalue weighted by Crippen LogP contribution is -2.51. The fourth-order valence-electron chi connectivity index (χ4n) is 4.16. The average Bonchev–Trinajstić information content (AvgIpc) is 2.84. The van der Waals surface area contributed by atoms with Crippen molar-refractivity contribution >= 4 is 41.0 Å². The van der Waals surface area contributed by atoms with E-state index in [2.05, 4.69) is 32.7 Å². The van der Waals surface area contributed by atoms with Crippen LogP contribution in [0.1, 0.15) is 35.3 Å². The van der Waals surface area contributed by atoms with Gasteiger partial charge >= 0.3 is 0 Å². The fourth-order valence-corrected chi connectivity index (χ4v) is 4.29. The molecule has 11 nitrogen and oxygen atoms in total. The molecule has 0 saturated carbocycles. The van der Waals surface area contributed by atoms with Gasteiger partial charge in [0.05, 0.1) is 6.54 Å². The number of carbonyl (C=O) groups is 2. The van der Waals surface area contributed by atoms with Crippen molar-refractivity contribution in [2.75, 3.05) is 51.7 Å². The second-order valence-corrected chi connectivity index (χ2v) is 9.63. The van der Waals surface area contributed by atoms with E-state index >= 15 is 0 Å². The Morgan fingerprint density at radius 2 is 1.94 bits per heavy atom. The Hall–Kier alpha value is -3.62. The van der Waals surface area contributed by atoms with Crippen LogP contribution >= 0.6 is 11.6 Å². The van der Waals surface area contributed by atoms with Crippen LogP contribution in [0.15, 0.2) is 18.2 Å². The molecule has 1 aromatic heterocycles. The van der Waals surface area contributed by atoms with Crippen LogP contribution in [0.3, 0.4) is 0 Å². The SMILES string of the molecule is CN(C)CC(=O)N1CCC(CCc2cc#ccc2)(CNC(=N)NC(=O)c2nc(Cl)c(N)nc2N)CC1. The summed E-state index contributed by atoms with van der Waals surface area (Å²) in [5, 5.41) is 13.6. The highest BCUT2D eigenvalue weighted by molar-refractivity contribution is 6.31. The summed E-state index contributed by atoms with van der Waals surface area (Å²) in [4.78, 5) is 36.5. The molecule has 36 heavy (non-hydrogen) atoms. The van der Waals surface area contributed by atoms with Gasteiger partial charge in [-0.2, -0.15) is 0 Å². The number of hydrogen-bond donors (Lipinski definition) is 5. The number of amides is 2. The molecule has 2 amide bonds. The number of halogens is 1. The molecule has 1 saturated heterocycles. The number of nitrogen functional groups attached to an aromatic ring is 2. The topological polar surface area (TPSA) is 166 Å². The number of aryl methyl sites for hydroxylation is 1. The van der Waals surface area contributed by atoms with Gasteiger partial charge in [0.1, 0.15) is 0 Å². The van der Waals surface area contributed by atoms with Crippen LogP contribution in [0, 0.1) is 23.0 Å². The number of hydrogen-bond acceptors (Lipinski definition) is 8. The van der Waals surface area contributed by atoms with Crippen molar-refractivity contribution in [2.24, 2.45) is 5.41 Å². The molecule has 0 spiro atoms. The molecule has 2 heterocycles. The smallest absolute Gasteiger partial charge is 0.280 e. The quantitative estimate of drug-likeness (QED) is 0.257. The van der Waals surface area contributed by atoms with E-state index in [0.717, 1.165) is 31.2 Å². The molecule has 0 bridgehead atoms. The van der Waals surface area contributed by atoms with E-state index in [9.17, 15) is 9.59 Å². The number of carbonyl (C=O) groups excluding carboxylic acids is 2. The van der Waals surface area contributed by atoms with Gasteiger partial charge in [0.15, 0.2) is 28.4 Å². The van der Waals surface area contributed by atoms with Gasteiger partial charge in [-0.05, 0) is 62.9 Å². The zero-order valence-corrected chi connectivity index (χ0v) is 21.3. The Morgan fingerprint density at radius 3 is 2.58 bits per heavy atom. The summed E-state index contributed by atoms with van der Waals surface area (Å²) < 4.78 is 0. The molecule has 2 aromatic rings. The first-order valence-corrected chi connectivity index (χ1v) is 12.0. The standard InChI is InChI=1S/C24H32ClN9O2/c1-33(2)14-17(35)34-12-10-24(11-13-34,9-8-16-6-4-3-5-7-16)15-29-23(28)32-22(36)18-20(26)31-21(27)19(25)30-18/h4,6-7H,8-15H2,1-2H3,(H4,26,27,31)(H3,28,29,32,36). The molecule has 0 radical (unpaired) electrons. The summed E-state index contributed by atoms with van der Waals surface area (Å²) >= 11 is 5.86. The predicted molar refractivity (Wildman–Crippen MR) is 138 cm³/mol. The maximum atomic E-state index is 12.6. The monoisotopic (exact) mass is 513 g/mol. The van der Waals surface area contributed by atoms with Gasteiger partial charge in [-0.1, -0.05) is 29.8 Å². The lowest BCUT2D eigenvalue weighted by atomic mass is 9.74. The summed E-state index contributed by atoms with van der Waals surface area (Å²) in [5.41, 5.74) is 12.1.